The highest BCUT2D eigenvalue weighted by Gasteiger charge is 2.40. The van der Waals surface area contributed by atoms with Crippen LogP contribution in [-0.2, 0) is 0 Å². The maximum absolute atomic E-state index is 3.51. The van der Waals surface area contributed by atoms with Gasteiger partial charge in [0.1, 0.15) is 0 Å². The molecule has 3 aliphatic rings. The second kappa shape index (κ2) is 4.06. The number of hydrogen-bond acceptors (Lipinski definition) is 2. The summed E-state index contributed by atoms with van der Waals surface area (Å²) < 4.78 is 0. The summed E-state index contributed by atoms with van der Waals surface area (Å²) in [5.41, 5.74) is 0. The van der Waals surface area contributed by atoms with Crippen molar-refractivity contribution in [3.8, 4) is 0 Å². The van der Waals surface area contributed by atoms with Crippen molar-refractivity contribution in [3.63, 3.8) is 0 Å². The molecule has 2 heterocycles. The normalized spacial score (nSPS) is 47.0. The summed E-state index contributed by atoms with van der Waals surface area (Å²) in [6.07, 6.45) is 5.91. The van der Waals surface area contributed by atoms with E-state index in [0.717, 1.165) is 23.8 Å². The fourth-order valence-corrected chi connectivity index (χ4v) is 4.08. The number of likely N-dealkylation sites (tertiary alicyclic amines) is 1. The van der Waals surface area contributed by atoms with Gasteiger partial charge in [-0.05, 0) is 50.1 Å². The van der Waals surface area contributed by atoms with Gasteiger partial charge in [0.25, 0.3) is 0 Å². The summed E-state index contributed by atoms with van der Waals surface area (Å²) in [6.45, 7) is 7.72. The monoisotopic (exact) mass is 208 g/mol. The highest BCUT2D eigenvalue weighted by molar-refractivity contribution is 4.93. The third-order valence-corrected chi connectivity index (χ3v) is 4.96. The highest BCUT2D eigenvalue weighted by atomic mass is 15.2. The smallest absolute Gasteiger partial charge is 0.0145 e. The van der Waals surface area contributed by atoms with Gasteiger partial charge in [-0.1, -0.05) is 13.3 Å². The quantitative estimate of drug-likeness (QED) is 0.706. The van der Waals surface area contributed by atoms with Gasteiger partial charge in [0.05, 0.1) is 0 Å². The Kier molecular flexibility index (Phi) is 2.73. The maximum Gasteiger partial charge on any atom is 0.0145 e. The third kappa shape index (κ3) is 1.83. The molecule has 3 fully saturated rings. The minimum absolute atomic E-state index is 0.859. The van der Waals surface area contributed by atoms with E-state index in [0.29, 0.717) is 0 Å². The first-order valence-corrected chi connectivity index (χ1v) is 6.79. The van der Waals surface area contributed by atoms with Crippen LogP contribution in [-0.4, -0.2) is 37.1 Å². The highest BCUT2D eigenvalue weighted by Crippen LogP contribution is 2.39. The van der Waals surface area contributed by atoms with E-state index in [1.807, 2.05) is 0 Å². The minimum atomic E-state index is 0.859. The average Bonchev–Trinajstić information content (AvgIpc) is 2.77. The van der Waals surface area contributed by atoms with Crippen LogP contribution in [0.4, 0.5) is 0 Å². The van der Waals surface area contributed by atoms with Gasteiger partial charge in [0.15, 0.2) is 0 Å². The van der Waals surface area contributed by atoms with E-state index in [1.54, 1.807) is 0 Å². The molecule has 0 amide bonds. The van der Waals surface area contributed by atoms with E-state index in [9.17, 15) is 0 Å². The van der Waals surface area contributed by atoms with E-state index in [2.05, 4.69) is 17.1 Å². The van der Waals surface area contributed by atoms with Crippen LogP contribution in [0.15, 0.2) is 0 Å². The molecule has 3 rings (SSSR count). The molecule has 0 bridgehead atoms. The molecule has 4 unspecified atom stereocenters. The number of rotatable bonds is 1. The van der Waals surface area contributed by atoms with Gasteiger partial charge in [0.2, 0.25) is 0 Å². The van der Waals surface area contributed by atoms with Crippen molar-refractivity contribution in [3.05, 3.63) is 0 Å². The third-order valence-electron chi connectivity index (χ3n) is 4.96. The molecule has 4 atom stereocenters. The van der Waals surface area contributed by atoms with Crippen LogP contribution in [0.5, 0.6) is 0 Å². The molecule has 1 saturated carbocycles. The van der Waals surface area contributed by atoms with Gasteiger partial charge < -0.3 is 5.32 Å². The summed E-state index contributed by atoms with van der Waals surface area (Å²) in [6, 6.07) is 0.886. The van der Waals surface area contributed by atoms with Gasteiger partial charge in [0, 0.05) is 19.1 Å². The molecule has 0 aromatic carbocycles. The van der Waals surface area contributed by atoms with E-state index in [1.165, 1.54) is 51.9 Å². The fraction of sp³-hybridized carbons (Fsp3) is 1.00. The molecule has 0 aromatic heterocycles. The van der Waals surface area contributed by atoms with Crippen molar-refractivity contribution in [2.45, 2.75) is 38.6 Å². The molecule has 0 radical (unpaired) electrons. The van der Waals surface area contributed by atoms with Crippen molar-refractivity contribution in [2.75, 3.05) is 26.2 Å². The molecular formula is C13H24N2. The zero-order valence-electron chi connectivity index (χ0n) is 9.91. The molecule has 1 N–H and O–H groups in total. The summed E-state index contributed by atoms with van der Waals surface area (Å²) >= 11 is 0. The predicted molar refractivity (Wildman–Crippen MR) is 62.8 cm³/mol. The Labute approximate surface area is 93.4 Å². The lowest BCUT2D eigenvalue weighted by atomic mass is 9.94. The van der Waals surface area contributed by atoms with Crippen molar-refractivity contribution in [1.82, 2.24) is 10.2 Å². The molecule has 2 aliphatic heterocycles. The van der Waals surface area contributed by atoms with Crippen molar-refractivity contribution >= 4 is 0 Å². The molecular weight excluding hydrogens is 184 g/mol. The number of nitrogens with one attached hydrogen (secondary N) is 1. The molecule has 15 heavy (non-hydrogen) atoms. The lowest BCUT2D eigenvalue weighted by Gasteiger charge is -2.37. The van der Waals surface area contributed by atoms with Crippen LogP contribution >= 0.6 is 0 Å². The first-order valence-electron chi connectivity index (χ1n) is 6.79. The second-order valence-corrected chi connectivity index (χ2v) is 5.94. The van der Waals surface area contributed by atoms with Gasteiger partial charge >= 0.3 is 0 Å². The number of fused-ring (bicyclic) bond motifs is 1. The molecule has 1 aliphatic carbocycles. The SMILES string of the molecule is CC1CNCCC1N1CC2CCCC2C1. The van der Waals surface area contributed by atoms with Crippen LogP contribution in [0.2, 0.25) is 0 Å². The first-order chi connectivity index (χ1) is 7.34. The average molecular weight is 208 g/mol. The van der Waals surface area contributed by atoms with Gasteiger partial charge in [-0.2, -0.15) is 0 Å². The van der Waals surface area contributed by atoms with Crippen molar-refractivity contribution in [1.29, 1.82) is 0 Å². The predicted octanol–water partition coefficient (Wildman–Crippen LogP) is 1.72. The van der Waals surface area contributed by atoms with Crippen LogP contribution in [0.3, 0.4) is 0 Å². The lowest BCUT2D eigenvalue weighted by Crippen LogP contribution is -2.48. The van der Waals surface area contributed by atoms with Crippen LogP contribution < -0.4 is 5.32 Å². The Morgan fingerprint density at radius 2 is 1.80 bits per heavy atom. The largest absolute Gasteiger partial charge is 0.316 e. The molecule has 2 nitrogen and oxygen atoms in total. The summed E-state index contributed by atoms with van der Waals surface area (Å²) in [5, 5.41) is 3.51. The first kappa shape index (κ1) is 10.1. The standard InChI is InChI=1S/C13H24N2/c1-10-7-14-6-5-13(10)15-8-11-3-2-4-12(11)9-15/h10-14H,2-9H2,1H3. The Hall–Kier alpha value is -0.0800. The molecule has 2 saturated heterocycles. The number of piperidine rings is 1. The van der Waals surface area contributed by atoms with E-state index in [-0.39, 0.29) is 0 Å². The van der Waals surface area contributed by atoms with E-state index in [4.69, 9.17) is 0 Å². The Balaban J connectivity index is 1.63. The molecule has 86 valence electrons. The minimum Gasteiger partial charge on any atom is -0.316 e. The zero-order chi connectivity index (χ0) is 10.3. The summed E-state index contributed by atoms with van der Waals surface area (Å²) in [7, 11) is 0. The maximum atomic E-state index is 3.51. The van der Waals surface area contributed by atoms with Crippen molar-refractivity contribution < 1.29 is 0 Å². The van der Waals surface area contributed by atoms with Gasteiger partial charge in [-0.3, -0.25) is 4.90 Å². The topological polar surface area (TPSA) is 15.3 Å². The van der Waals surface area contributed by atoms with Gasteiger partial charge in [-0.15, -0.1) is 0 Å². The summed E-state index contributed by atoms with van der Waals surface area (Å²) in [4.78, 5) is 2.82. The zero-order valence-corrected chi connectivity index (χ0v) is 9.91. The number of nitrogens with zero attached hydrogens (tertiary/aromatic N) is 1. The second-order valence-electron chi connectivity index (χ2n) is 5.94. The van der Waals surface area contributed by atoms with Crippen LogP contribution in [0, 0.1) is 17.8 Å². The molecule has 2 heteroatoms. The number of hydrogen-bond donors (Lipinski definition) is 1. The van der Waals surface area contributed by atoms with Crippen molar-refractivity contribution in [2.24, 2.45) is 17.8 Å². The molecule has 0 aromatic rings. The van der Waals surface area contributed by atoms with E-state index < -0.39 is 0 Å². The Morgan fingerprint density at radius 3 is 2.47 bits per heavy atom. The van der Waals surface area contributed by atoms with E-state index >= 15 is 0 Å². The van der Waals surface area contributed by atoms with Gasteiger partial charge in [-0.25, -0.2) is 0 Å². The van der Waals surface area contributed by atoms with Crippen LogP contribution in [0.1, 0.15) is 32.6 Å². The Bertz CT molecular complexity index is 217. The van der Waals surface area contributed by atoms with Crippen LogP contribution in [0.25, 0.3) is 0 Å². The Morgan fingerprint density at radius 1 is 1.07 bits per heavy atom. The lowest BCUT2D eigenvalue weighted by molar-refractivity contribution is 0.138. The fourth-order valence-electron chi connectivity index (χ4n) is 4.08. The molecule has 0 spiro atoms. The summed E-state index contributed by atoms with van der Waals surface area (Å²) in [5.74, 6) is 2.98.